The summed E-state index contributed by atoms with van der Waals surface area (Å²) in [7, 11) is -6.93. The number of nitrogens with one attached hydrogen (secondary N) is 1. The quantitative estimate of drug-likeness (QED) is 0.761. The maximum atomic E-state index is 11.4. The second kappa shape index (κ2) is 5.34. The molecule has 0 aromatic rings. The zero-order valence-electron chi connectivity index (χ0n) is 10.5. The van der Waals surface area contributed by atoms with Crippen LogP contribution < -0.4 is 4.72 Å². The minimum Gasteiger partial charge on any atom is -0.273 e. The lowest BCUT2D eigenvalue weighted by molar-refractivity contribution is -0.126. The summed E-state index contributed by atoms with van der Waals surface area (Å²) in [4.78, 5) is 11.4. The molecule has 0 saturated carbocycles. The zero-order valence-corrected chi connectivity index (χ0v) is 12.1. The number of carbonyl (C=O) groups excluding carboxylic acids is 1. The maximum Gasteiger partial charge on any atom is 0.238 e. The van der Waals surface area contributed by atoms with Crippen LogP contribution in [0.1, 0.15) is 27.2 Å². The van der Waals surface area contributed by atoms with E-state index >= 15 is 0 Å². The summed E-state index contributed by atoms with van der Waals surface area (Å²) in [5.41, 5.74) is -0.802. The van der Waals surface area contributed by atoms with Gasteiger partial charge in [-0.3, -0.25) is 9.52 Å². The molecule has 0 atom stereocenters. The Morgan fingerprint density at radius 2 is 1.53 bits per heavy atom. The highest BCUT2D eigenvalue weighted by atomic mass is 32.2. The summed E-state index contributed by atoms with van der Waals surface area (Å²) < 4.78 is 46.4. The molecular weight excluding hydrogens is 266 g/mol. The molecular formula is C9H19NO5S2. The van der Waals surface area contributed by atoms with Gasteiger partial charge in [-0.15, -0.1) is 0 Å². The van der Waals surface area contributed by atoms with E-state index in [1.54, 1.807) is 20.8 Å². The molecule has 17 heavy (non-hydrogen) atoms. The van der Waals surface area contributed by atoms with Crippen molar-refractivity contribution in [3.8, 4) is 0 Å². The van der Waals surface area contributed by atoms with E-state index in [0.717, 1.165) is 6.26 Å². The largest absolute Gasteiger partial charge is 0.273 e. The predicted octanol–water partition coefficient (Wildman–Crippen LogP) is -0.0868. The minimum atomic E-state index is -3.75. The van der Waals surface area contributed by atoms with Gasteiger partial charge in [-0.25, -0.2) is 16.8 Å². The van der Waals surface area contributed by atoms with Crippen LogP contribution in [-0.2, 0) is 24.7 Å². The molecule has 0 fully saturated rings. The molecule has 0 aliphatic carbocycles. The molecule has 0 spiro atoms. The average Bonchev–Trinajstić information content (AvgIpc) is 1.97. The number of hydrogen-bond donors (Lipinski definition) is 1. The van der Waals surface area contributed by atoms with E-state index in [0.29, 0.717) is 0 Å². The van der Waals surface area contributed by atoms with Crippen molar-refractivity contribution in [1.29, 1.82) is 0 Å². The molecule has 1 amide bonds. The van der Waals surface area contributed by atoms with Gasteiger partial charge in [0.1, 0.15) is 9.84 Å². The fourth-order valence-corrected chi connectivity index (χ4v) is 2.92. The van der Waals surface area contributed by atoms with Crippen molar-refractivity contribution in [3.63, 3.8) is 0 Å². The molecule has 1 N–H and O–H groups in total. The molecule has 0 aromatic carbocycles. The van der Waals surface area contributed by atoms with Gasteiger partial charge in [-0.05, 0) is 6.42 Å². The Hall–Kier alpha value is -0.630. The summed E-state index contributed by atoms with van der Waals surface area (Å²) in [5, 5.41) is 0. The lowest BCUT2D eigenvalue weighted by Crippen LogP contribution is -2.40. The van der Waals surface area contributed by atoms with Crippen LogP contribution in [0.2, 0.25) is 0 Å². The van der Waals surface area contributed by atoms with E-state index in [2.05, 4.69) is 0 Å². The summed E-state index contributed by atoms with van der Waals surface area (Å²) in [6, 6.07) is 0. The van der Waals surface area contributed by atoms with Crippen molar-refractivity contribution in [2.45, 2.75) is 27.2 Å². The van der Waals surface area contributed by atoms with E-state index in [9.17, 15) is 21.6 Å². The Labute approximate surface area is 103 Å². The van der Waals surface area contributed by atoms with Crippen molar-refractivity contribution < 1.29 is 21.6 Å². The third-order valence-corrected chi connectivity index (χ3v) is 4.21. The Bertz CT molecular complexity index is 470. The molecule has 0 saturated heterocycles. The third kappa shape index (κ3) is 8.14. The number of sulfone groups is 1. The molecule has 0 aliphatic rings. The van der Waals surface area contributed by atoms with Crippen LogP contribution in [0.25, 0.3) is 0 Å². The summed E-state index contributed by atoms with van der Waals surface area (Å²) in [6.07, 6.45) is 1.01. The highest BCUT2D eigenvalue weighted by Crippen LogP contribution is 2.13. The van der Waals surface area contributed by atoms with Gasteiger partial charge in [0.05, 0.1) is 11.5 Å². The molecule has 0 rings (SSSR count). The lowest BCUT2D eigenvalue weighted by atomic mass is 9.96. The number of sulfonamides is 1. The average molecular weight is 285 g/mol. The number of hydrogen-bond acceptors (Lipinski definition) is 5. The van der Waals surface area contributed by atoms with Gasteiger partial charge in [-0.2, -0.15) is 0 Å². The van der Waals surface area contributed by atoms with Gasteiger partial charge >= 0.3 is 0 Å². The molecule has 0 unspecified atom stereocenters. The SMILES string of the molecule is CC(C)(C)C(=O)NS(=O)(=O)CCCS(C)(=O)=O. The monoisotopic (exact) mass is 285 g/mol. The Balaban J connectivity index is 4.38. The summed E-state index contributed by atoms with van der Waals surface area (Å²) in [5.74, 6) is -1.18. The molecule has 0 aromatic heterocycles. The van der Waals surface area contributed by atoms with Crippen LogP contribution in [0.3, 0.4) is 0 Å². The number of carbonyl (C=O) groups is 1. The van der Waals surface area contributed by atoms with E-state index < -0.39 is 31.2 Å². The van der Waals surface area contributed by atoms with E-state index in [4.69, 9.17) is 0 Å². The second-order valence-corrected chi connectivity index (χ2v) is 9.09. The van der Waals surface area contributed by atoms with Gasteiger partial charge in [-0.1, -0.05) is 20.8 Å². The number of amides is 1. The van der Waals surface area contributed by atoms with Crippen LogP contribution in [0.5, 0.6) is 0 Å². The van der Waals surface area contributed by atoms with Gasteiger partial charge < -0.3 is 0 Å². The Kier molecular flexibility index (Phi) is 5.15. The van der Waals surface area contributed by atoms with E-state index in [1.165, 1.54) is 0 Å². The predicted molar refractivity (Wildman–Crippen MR) is 65.7 cm³/mol. The molecule has 0 radical (unpaired) electrons. The first kappa shape index (κ1) is 16.4. The first-order valence-corrected chi connectivity index (χ1v) is 8.77. The van der Waals surface area contributed by atoms with Crippen molar-refractivity contribution >= 4 is 25.8 Å². The first-order chi connectivity index (χ1) is 7.33. The van der Waals surface area contributed by atoms with Crippen molar-refractivity contribution in [2.24, 2.45) is 5.41 Å². The fourth-order valence-electron chi connectivity index (χ4n) is 0.856. The van der Waals surface area contributed by atoms with Crippen LogP contribution in [-0.4, -0.2) is 40.5 Å². The molecule has 8 heteroatoms. The maximum absolute atomic E-state index is 11.4. The fraction of sp³-hybridized carbons (Fsp3) is 0.889. The van der Waals surface area contributed by atoms with Gasteiger partial charge in [0.2, 0.25) is 15.9 Å². The van der Waals surface area contributed by atoms with Crippen molar-refractivity contribution in [1.82, 2.24) is 4.72 Å². The number of rotatable bonds is 5. The molecule has 0 aliphatic heterocycles. The van der Waals surface area contributed by atoms with Crippen LogP contribution in [0.15, 0.2) is 0 Å². The first-order valence-electron chi connectivity index (χ1n) is 5.06. The smallest absolute Gasteiger partial charge is 0.238 e. The Morgan fingerprint density at radius 3 is 1.88 bits per heavy atom. The molecule has 0 heterocycles. The molecule has 6 nitrogen and oxygen atoms in total. The van der Waals surface area contributed by atoms with Gasteiger partial charge in [0.15, 0.2) is 0 Å². The van der Waals surface area contributed by atoms with Crippen molar-refractivity contribution in [2.75, 3.05) is 17.8 Å². The highest BCUT2D eigenvalue weighted by Gasteiger charge is 2.25. The second-order valence-electron chi connectivity index (χ2n) is 4.98. The minimum absolute atomic E-state index is 0.0222. The Morgan fingerprint density at radius 1 is 1.06 bits per heavy atom. The van der Waals surface area contributed by atoms with E-state index in [1.807, 2.05) is 4.72 Å². The topological polar surface area (TPSA) is 97.4 Å². The van der Waals surface area contributed by atoms with Gasteiger partial charge in [0, 0.05) is 11.7 Å². The standard InChI is InChI=1S/C9H19NO5S2/c1-9(2,3)8(11)10-17(14,15)7-5-6-16(4,12)13/h5-7H2,1-4H3,(H,10,11). The van der Waals surface area contributed by atoms with E-state index in [-0.39, 0.29) is 17.9 Å². The molecule has 0 bridgehead atoms. The van der Waals surface area contributed by atoms with Crippen molar-refractivity contribution in [3.05, 3.63) is 0 Å². The normalized spacial score (nSPS) is 13.4. The third-order valence-electron chi connectivity index (χ3n) is 1.86. The zero-order chi connectivity index (χ0) is 13.9. The van der Waals surface area contributed by atoms with Crippen LogP contribution in [0, 0.1) is 5.41 Å². The molecule has 102 valence electrons. The lowest BCUT2D eigenvalue weighted by Gasteiger charge is -2.17. The highest BCUT2D eigenvalue weighted by molar-refractivity contribution is 7.91. The van der Waals surface area contributed by atoms with Crippen LogP contribution in [0.4, 0.5) is 0 Å². The van der Waals surface area contributed by atoms with Gasteiger partial charge in [0.25, 0.3) is 0 Å². The van der Waals surface area contributed by atoms with Crippen LogP contribution >= 0.6 is 0 Å². The summed E-state index contributed by atoms with van der Waals surface area (Å²) >= 11 is 0. The summed E-state index contributed by atoms with van der Waals surface area (Å²) in [6.45, 7) is 4.77.